The molecule has 0 aliphatic rings. The summed E-state index contributed by atoms with van der Waals surface area (Å²) in [5.41, 5.74) is 1.47. The maximum absolute atomic E-state index is 11.8. The number of anilines is 1. The van der Waals surface area contributed by atoms with Crippen LogP contribution in [0.4, 0.5) is 5.69 Å². The van der Waals surface area contributed by atoms with E-state index in [4.69, 9.17) is 16.7 Å². The van der Waals surface area contributed by atoms with Crippen LogP contribution < -0.4 is 5.32 Å². The van der Waals surface area contributed by atoms with Gasteiger partial charge in [-0.05, 0) is 24.6 Å². The number of carboxylic acids is 1. The second-order valence-electron chi connectivity index (χ2n) is 4.35. The van der Waals surface area contributed by atoms with Crippen molar-refractivity contribution in [1.82, 2.24) is 4.98 Å². The summed E-state index contributed by atoms with van der Waals surface area (Å²) in [5, 5.41) is 12.1. The van der Waals surface area contributed by atoms with Crippen LogP contribution in [-0.2, 0) is 4.79 Å². The van der Waals surface area contributed by atoms with Gasteiger partial charge in [0, 0.05) is 23.0 Å². The highest BCUT2D eigenvalue weighted by Gasteiger charge is 2.16. The Hall–Kier alpha value is -2.53. The highest BCUT2D eigenvalue weighted by atomic mass is 35.5. The molecule has 1 amide bonds. The number of benzene rings is 1. The number of aryl methyl sites for hydroxylation is 1. The minimum absolute atomic E-state index is 0.0505. The summed E-state index contributed by atoms with van der Waals surface area (Å²) >= 11 is 5.97. The molecule has 6 heteroatoms. The molecule has 0 saturated carbocycles. The molecule has 5 nitrogen and oxygen atoms in total. The summed E-state index contributed by atoms with van der Waals surface area (Å²) in [4.78, 5) is 25.7. The van der Waals surface area contributed by atoms with E-state index in [9.17, 15) is 9.59 Å². The molecule has 1 aromatic heterocycles. The van der Waals surface area contributed by atoms with Crippen LogP contribution in [0, 0.1) is 6.92 Å². The first-order valence-electron chi connectivity index (χ1n) is 6.14. The lowest BCUT2D eigenvalue weighted by Crippen LogP contribution is -2.10. The molecule has 108 valence electrons. The minimum Gasteiger partial charge on any atom is -0.478 e. The lowest BCUT2D eigenvalue weighted by Gasteiger charge is -2.02. The number of hydrogen-bond acceptors (Lipinski definition) is 2. The van der Waals surface area contributed by atoms with E-state index in [0.717, 1.165) is 0 Å². The average molecular weight is 305 g/mol. The van der Waals surface area contributed by atoms with Gasteiger partial charge < -0.3 is 15.4 Å². The van der Waals surface area contributed by atoms with Crippen LogP contribution in [0.2, 0.25) is 5.02 Å². The van der Waals surface area contributed by atoms with Gasteiger partial charge in [0.2, 0.25) is 5.91 Å². The van der Waals surface area contributed by atoms with Gasteiger partial charge in [0.15, 0.2) is 0 Å². The Balaban J connectivity index is 2.13. The molecule has 0 spiro atoms. The fraction of sp³-hybridized carbons (Fsp3) is 0.0667. The van der Waals surface area contributed by atoms with E-state index in [2.05, 4.69) is 10.3 Å². The number of rotatable bonds is 4. The quantitative estimate of drug-likeness (QED) is 0.758. The third-order valence-corrected chi connectivity index (χ3v) is 3.21. The smallest absolute Gasteiger partial charge is 0.339 e. The Kier molecular flexibility index (Phi) is 4.45. The zero-order chi connectivity index (χ0) is 15.4. The van der Waals surface area contributed by atoms with Crippen LogP contribution in [0.15, 0.2) is 36.5 Å². The van der Waals surface area contributed by atoms with Crippen molar-refractivity contribution >= 4 is 35.2 Å². The monoisotopic (exact) mass is 304 g/mol. The molecule has 1 heterocycles. The van der Waals surface area contributed by atoms with Crippen molar-refractivity contribution in [3.8, 4) is 0 Å². The normalized spacial score (nSPS) is 10.8. The molecule has 0 aliphatic heterocycles. The molecule has 0 unspecified atom stereocenters. The molecule has 0 fully saturated rings. The molecule has 0 bridgehead atoms. The molecule has 0 atom stereocenters. The first kappa shape index (κ1) is 14.9. The van der Waals surface area contributed by atoms with Gasteiger partial charge in [-0.3, -0.25) is 4.79 Å². The van der Waals surface area contributed by atoms with Crippen molar-refractivity contribution in [3.05, 3.63) is 58.4 Å². The number of aromatic amines is 1. The van der Waals surface area contributed by atoms with Crippen molar-refractivity contribution in [2.45, 2.75) is 6.92 Å². The number of carboxylic acid groups (broad SMARTS) is 1. The Morgan fingerprint density at radius 1 is 1.33 bits per heavy atom. The number of halogens is 1. The third-order valence-electron chi connectivity index (χ3n) is 2.87. The van der Waals surface area contributed by atoms with Gasteiger partial charge in [0.05, 0.1) is 5.69 Å². The van der Waals surface area contributed by atoms with Gasteiger partial charge in [0.25, 0.3) is 0 Å². The predicted octanol–water partition coefficient (Wildman–Crippen LogP) is 3.33. The molecular formula is C15H13ClN2O3. The van der Waals surface area contributed by atoms with Gasteiger partial charge >= 0.3 is 5.97 Å². The molecule has 3 N–H and O–H groups in total. The van der Waals surface area contributed by atoms with Crippen LogP contribution in [-0.4, -0.2) is 22.0 Å². The maximum atomic E-state index is 11.8. The zero-order valence-corrected chi connectivity index (χ0v) is 11.9. The lowest BCUT2D eigenvalue weighted by molar-refractivity contribution is -0.111. The first-order chi connectivity index (χ1) is 9.99. The van der Waals surface area contributed by atoms with E-state index in [1.807, 2.05) is 6.07 Å². The summed E-state index contributed by atoms with van der Waals surface area (Å²) in [7, 11) is 0. The van der Waals surface area contributed by atoms with E-state index >= 15 is 0 Å². The molecule has 0 radical (unpaired) electrons. The van der Waals surface area contributed by atoms with Gasteiger partial charge in [-0.1, -0.05) is 29.8 Å². The molecular weight excluding hydrogens is 292 g/mol. The van der Waals surface area contributed by atoms with E-state index in [1.54, 1.807) is 31.2 Å². The van der Waals surface area contributed by atoms with Gasteiger partial charge in [-0.2, -0.15) is 0 Å². The third kappa shape index (κ3) is 3.52. The Bertz CT molecular complexity index is 719. The number of nitrogens with one attached hydrogen (secondary N) is 2. The Labute approximate surface area is 126 Å². The molecule has 21 heavy (non-hydrogen) atoms. The van der Waals surface area contributed by atoms with Crippen LogP contribution in [0.3, 0.4) is 0 Å². The highest BCUT2D eigenvalue weighted by Crippen LogP contribution is 2.20. The minimum atomic E-state index is -1.10. The molecule has 0 saturated heterocycles. The van der Waals surface area contributed by atoms with E-state index < -0.39 is 11.9 Å². The summed E-state index contributed by atoms with van der Waals surface area (Å²) in [6.45, 7) is 1.62. The van der Waals surface area contributed by atoms with Crippen molar-refractivity contribution < 1.29 is 14.7 Å². The lowest BCUT2D eigenvalue weighted by atomic mass is 10.2. The van der Waals surface area contributed by atoms with Crippen molar-refractivity contribution in [1.29, 1.82) is 0 Å². The van der Waals surface area contributed by atoms with Crippen LogP contribution in [0.1, 0.15) is 21.6 Å². The summed E-state index contributed by atoms with van der Waals surface area (Å²) in [6.07, 6.45) is 4.31. The van der Waals surface area contributed by atoms with Gasteiger partial charge in [0.1, 0.15) is 5.56 Å². The fourth-order valence-electron chi connectivity index (χ4n) is 1.85. The fourth-order valence-corrected chi connectivity index (χ4v) is 2.05. The predicted molar refractivity (Wildman–Crippen MR) is 81.6 cm³/mol. The largest absolute Gasteiger partial charge is 0.478 e. The standard InChI is InChI=1S/C15H13ClN2O3/c1-9-14(15(20)21)12(8-17-9)18-13(19)7-6-10-4-2-3-5-11(10)16/h2-8,17H,1H3,(H,18,19)(H,20,21)/b7-6+. The van der Waals surface area contributed by atoms with Crippen molar-refractivity contribution in [3.63, 3.8) is 0 Å². The van der Waals surface area contributed by atoms with E-state index in [-0.39, 0.29) is 11.3 Å². The topological polar surface area (TPSA) is 82.2 Å². The summed E-state index contributed by atoms with van der Waals surface area (Å²) in [6, 6.07) is 7.09. The van der Waals surface area contributed by atoms with Crippen LogP contribution in [0.5, 0.6) is 0 Å². The van der Waals surface area contributed by atoms with Gasteiger partial charge in [-0.15, -0.1) is 0 Å². The first-order valence-corrected chi connectivity index (χ1v) is 6.51. The van der Waals surface area contributed by atoms with Crippen molar-refractivity contribution in [2.75, 3.05) is 5.32 Å². The number of carbonyl (C=O) groups is 2. The second-order valence-corrected chi connectivity index (χ2v) is 4.76. The highest BCUT2D eigenvalue weighted by molar-refractivity contribution is 6.32. The zero-order valence-electron chi connectivity index (χ0n) is 11.2. The molecule has 1 aromatic carbocycles. The summed E-state index contributed by atoms with van der Waals surface area (Å²) in [5.74, 6) is -1.53. The SMILES string of the molecule is Cc1[nH]cc(NC(=O)/C=C/c2ccccc2Cl)c1C(=O)O. The number of amides is 1. The Morgan fingerprint density at radius 3 is 2.71 bits per heavy atom. The molecule has 0 aliphatic carbocycles. The Morgan fingerprint density at radius 2 is 2.05 bits per heavy atom. The van der Waals surface area contributed by atoms with Crippen molar-refractivity contribution in [2.24, 2.45) is 0 Å². The molecule has 2 aromatic rings. The second kappa shape index (κ2) is 6.28. The number of aromatic carboxylic acids is 1. The van der Waals surface area contributed by atoms with E-state index in [1.165, 1.54) is 12.3 Å². The number of hydrogen-bond donors (Lipinski definition) is 3. The van der Waals surface area contributed by atoms with E-state index in [0.29, 0.717) is 16.3 Å². The van der Waals surface area contributed by atoms with Gasteiger partial charge in [-0.25, -0.2) is 4.79 Å². The molecule has 2 rings (SSSR count). The van der Waals surface area contributed by atoms with Crippen LogP contribution >= 0.6 is 11.6 Å². The number of H-pyrrole nitrogens is 1. The average Bonchev–Trinajstić information content (AvgIpc) is 2.79. The number of aromatic nitrogens is 1. The number of carbonyl (C=O) groups excluding carboxylic acids is 1. The van der Waals surface area contributed by atoms with Crippen LogP contribution in [0.25, 0.3) is 6.08 Å². The summed E-state index contributed by atoms with van der Waals surface area (Å²) < 4.78 is 0. The maximum Gasteiger partial charge on any atom is 0.339 e.